The Morgan fingerprint density at radius 3 is 2.78 bits per heavy atom. The van der Waals surface area contributed by atoms with E-state index in [0.29, 0.717) is 11.5 Å². The Kier molecular flexibility index (Phi) is 2.76. The van der Waals surface area contributed by atoms with Crippen molar-refractivity contribution in [2.45, 2.75) is 18.9 Å². The Balaban J connectivity index is 1.93. The fourth-order valence-corrected chi connectivity index (χ4v) is 2.51. The van der Waals surface area contributed by atoms with Crippen LogP contribution in [0.5, 0.6) is 0 Å². The van der Waals surface area contributed by atoms with Crippen LogP contribution in [0.3, 0.4) is 0 Å². The minimum absolute atomic E-state index is 0.0322. The molecule has 1 aliphatic carbocycles. The zero-order valence-electron chi connectivity index (χ0n) is 9.74. The summed E-state index contributed by atoms with van der Waals surface area (Å²) in [5.41, 5.74) is 6.23. The van der Waals surface area contributed by atoms with Gasteiger partial charge in [-0.3, -0.25) is 9.69 Å². The minimum Gasteiger partial charge on any atom is -0.397 e. The molecule has 0 saturated heterocycles. The number of nitrogen functional groups attached to an aromatic ring is 1. The lowest BCUT2D eigenvalue weighted by molar-refractivity contribution is 0.0988. The highest BCUT2D eigenvalue weighted by molar-refractivity contribution is 7.12. The van der Waals surface area contributed by atoms with E-state index in [1.807, 2.05) is 17.5 Å². The number of thiophene rings is 1. The number of amides is 1. The average Bonchev–Trinajstić information content (AvgIpc) is 3.05. The summed E-state index contributed by atoms with van der Waals surface area (Å²) in [6.45, 7) is 0. The van der Waals surface area contributed by atoms with E-state index in [1.165, 1.54) is 11.3 Å². The zero-order valence-corrected chi connectivity index (χ0v) is 10.6. The first-order chi connectivity index (χ1) is 8.75. The third-order valence-corrected chi connectivity index (χ3v) is 3.74. The summed E-state index contributed by atoms with van der Waals surface area (Å²) in [7, 11) is 0. The van der Waals surface area contributed by atoms with Gasteiger partial charge in [0, 0.05) is 6.04 Å². The van der Waals surface area contributed by atoms with Gasteiger partial charge in [0.1, 0.15) is 5.82 Å². The van der Waals surface area contributed by atoms with E-state index in [0.717, 1.165) is 17.7 Å². The number of carbonyl (C=O) groups excluding carboxylic acids is 1. The van der Waals surface area contributed by atoms with Gasteiger partial charge in [-0.1, -0.05) is 6.07 Å². The van der Waals surface area contributed by atoms with Crippen LogP contribution in [0.1, 0.15) is 22.5 Å². The van der Waals surface area contributed by atoms with Gasteiger partial charge in [0.2, 0.25) is 0 Å². The molecule has 0 unspecified atom stereocenters. The van der Waals surface area contributed by atoms with Gasteiger partial charge in [-0.25, -0.2) is 4.98 Å². The van der Waals surface area contributed by atoms with Crippen molar-refractivity contribution in [2.75, 3.05) is 10.6 Å². The molecular formula is C13H13N3OS. The summed E-state index contributed by atoms with van der Waals surface area (Å²) in [6, 6.07) is 7.60. The number of anilines is 2. The maximum absolute atomic E-state index is 12.4. The van der Waals surface area contributed by atoms with E-state index >= 15 is 0 Å². The van der Waals surface area contributed by atoms with E-state index < -0.39 is 0 Å². The number of nitrogens with two attached hydrogens (primary N) is 1. The first-order valence-electron chi connectivity index (χ1n) is 5.84. The molecular weight excluding hydrogens is 246 g/mol. The molecule has 0 aromatic carbocycles. The number of pyridine rings is 1. The van der Waals surface area contributed by atoms with Crippen LogP contribution in [-0.4, -0.2) is 16.9 Å². The predicted octanol–water partition coefficient (Wildman–Crippen LogP) is 2.53. The maximum Gasteiger partial charge on any atom is 0.269 e. The van der Waals surface area contributed by atoms with Gasteiger partial charge in [-0.05, 0) is 36.4 Å². The van der Waals surface area contributed by atoms with Gasteiger partial charge in [0.25, 0.3) is 5.91 Å². The molecule has 1 aliphatic rings. The Labute approximate surface area is 109 Å². The quantitative estimate of drug-likeness (QED) is 0.921. The highest BCUT2D eigenvalue weighted by Gasteiger charge is 2.35. The molecule has 1 amide bonds. The topological polar surface area (TPSA) is 59.2 Å². The molecule has 0 radical (unpaired) electrons. The lowest BCUT2D eigenvalue weighted by Gasteiger charge is -2.20. The van der Waals surface area contributed by atoms with Crippen molar-refractivity contribution in [3.05, 3.63) is 40.7 Å². The molecule has 4 nitrogen and oxygen atoms in total. The second-order valence-electron chi connectivity index (χ2n) is 4.33. The van der Waals surface area contributed by atoms with E-state index in [-0.39, 0.29) is 11.9 Å². The van der Waals surface area contributed by atoms with Crippen molar-refractivity contribution in [1.29, 1.82) is 0 Å². The standard InChI is InChI=1S/C13H13N3OS/c14-9-3-6-12(15-8-9)16(10-4-5-10)13(17)11-2-1-7-18-11/h1-3,6-8,10H,4-5,14H2. The van der Waals surface area contributed by atoms with Gasteiger partial charge in [0.15, 0.2) is 0 Å². The number of aromatic nitrogens is 1. The summed E-state index contributed by atoms with van der Waals surface area (Å²) in [6.07, 6.45) is 3.68. The lowest BCUT2D eigenvalue weighted by Crippen LogP contribution is -2.33. The molecule has 0 spiro atoms. The fraction of sp³-hybridized carbons (Fsp3) is 0.231. The number of nitrogens with zero attached hydrogens (tertiary/aromatic N) is 2. The van der Waals surface area contributed by atoms with E-state index in [1.54, 1.807) is 23.2 Å². The van der Waals surface area contributed by atoms with Crippen LogP contribution >= 0.6 is 11.3 Å². The van der Waals surface area contributed by atoms with Gasteiger partial charge >= 0.3 is 0 Å². The predicted molar refractivity (Wildman–Crippen MR) is 72.8 cm³/mol. The fourth-order valence-electron chi connectivity index (χ4n) is 1.85. The SMILES string of the molecule is Nc1ccc(N(C(=O)c2cccs2)C2CC2)nc1. The van der Waals surface area contributed by atoms with Crippen LogP contribution in [-0.2, 0) is 0 Å². The van der Waals surface area contributed by atoms with E-state index in [4.69, 9.17) is 5.73 Å². The second-order valence-corrected chi connectivity index (χ2v) is 5.28. The average molecular weight is 259 g/mol. The Morgan fingerprint density at radius 1 is 1.39 bits per heavy atom. The van der Waals surface area contributed by atoms with Crippen molar-refractivity contribution in [2.24, 2.45) is 0 Å². The molecule has 0 bridgehead atoms. The molecule has 18 heavy (non-hydrogen) atoms. The number of hydrogen-bond donors (Lipinski definition) is 1. The van der Waals surface area contributed by atoms with E-state index in [2.05, 4.69) is 4.98 Å². The monoisotopic (exact) mass is 259 g/mol. The van der Waals surface area contributed by atoms with Crippen LogP contribution in [0.25, 0.3) is 0 Å². The minimum atomic E-state index is 0.0322. The third kappa shape index (κ3) is 2.09. The van der Waals surface area contributed by atoms with Crippen molar-refractivity contribution in [3.63, 3.8) is 0 Å². The molecule has 2 aromatic rings. The van der Waals surface area contributed by atoms with Crippen LogP contribution < -0.4 is 10.6 Å². The van der Waals surface area contributed by atoms with Gasteiger partial charge in [-0.15, -0.1) is 11.3 Å². The van der Waals surface area contributed by atoms with Crippen LogP contribution in [0.15, 0.2) is 35.8 Å². The third-order valence-electron chi connectivity index (χ3n) is 2.88. The summed E-state index contributed by atoms with van der Waals surface area (Å²) >= 11 is 1.46. The molecule has 1 fully saturated rings. The molecule has 0 aliphatic heterocycles. The highest BCUT2D eigenvalue weighted by atomic mass is 32.1. The van der Waals surface area contributed by atoms with Crippen molar-refractivity contribution in [3.8, 4) is 0 Å². The van der Waals surface area contributed by atoms with E-state index in [9.17, 15) is 4.79 Å². The second kappa shape index (κ2) is 4.42. The Hall–Kier alpha value is -1.88. The first kappa shape index (κ1) is 11.2. The zero-order chi connectivity index (χ0) is 12.5. The van der Waals surface area contributed by atoms with Gasteiger partial charge < -0.3 is 5.73 Å². The van der Waals surface area contributed by atoms with Crippen LogP contribution in [0.4, 0.5) is 11.5 Å². The summed E-state index contributed by atoms with van der Waals surface area (Å²) in [4.78, 5) is 19.2. The molecule has 2 N–H and O–H groups in total. The lowest BCUT2D eigenvalue weighted by atomic mass is 10.3. The maximum atomic E-state index is 12.4. The Bertz CT molecular complexity index is 546. The van der Waals surface area contributed by atoms with Gasteiger partial charge in [0.05, 0.1) is 16.8 Å². The molecule has 3 rings (SSSR count). The molecule has 5 heteroatoms. The molecule has 2 aromatic heterocycles. The number of hydrogen-bond acceptors (Lipinski definition) is 4. The van der Waals surface area contributed by atoms with Crippen molar-refractivity contribution in [1.82, 2.24) is 4.98 Å². The smallest absolute Gasteiger partial charge is 0.269 e. The van der Waals surface area contributed by atoms with Crippen LogP contribution in [0, 0.1) is 0 Å². The van der Waals surface area contributed by atoms with Gasteiger partial charge in [-0.2, -0.15) is 0 Å². The Morgan fingerprint density at radius 2 is 2.22 bits per heavy atom. The molecule has 1 saturated carbocycles. The normalized spacial score (nSPS) is 14.4. The van der Waals surface area contributed by atoms with Crippen molar-refractivity contribution >= 4 is 28.7 Å². The van der Waals surface area contributed by atoms with Crippen molar-refractivity contribution < 1.29 is 4.79 Å². The molecule has 92 valence electrons. The number of carbonyl (C=O) groups is 1. The summed E-state index contributed by atoms with van der Waals surface area (Å²) < 4.78 is 0. The summed E-state index contributed by atoms with van der Waals surface area (Å²) in [5.74, 6) is 0.717. The number of rotatable bonds is 3. The molecule has 2 heterocycles. The van der Waals surface area contributed by atoms with Crippen LogP contribution in [0.2, 0.25) is 0 Å². The first-order valence-corrected chi connectivity index (χ1v) is 6.72. The highest BCUT2D eigenvalue weighted by Crippen LogP contribution is 2.32. The summed E-state index contributed by atoms with van der Waals surface area (Å²) in [5, 5.41) is 1.91. The largest absolute Gasteiger partial charge is 0.397 e. The molecule has 0 atom stereocenters.